The fraction of sp³-hybridized carbons (Fsp3) is 0.0435. The number of carbonyl (C=O) groups excluding carboxylic acids is 2. The second-order valence-electron chi connectivity index (χ2n) is 6.43. The molecule has 0 atom stereocenters. The lowest BCUT2D eigenvalue weighted by atomic mass is 10.0. The Labute approximate surface area is 172 Å². The van der Waals surface area contributed by atoms with Crippen molar-refractivity contribution in [2.75, 3.05) is 5.23 Å². The number of ether oxygens (including phenoxy) is 1. The van der Waals surface area contributed by atoms with Gasteiger partial charge in [0.25, 0.3) is 0 Å². The molecule has 0 heterocycles. The summed E-state index contributed by atoms with van der Waals surface area (Å²) in [5.41, 5.74) is 1.02. The van der Waals surface area contributed by atoms with Gasteiger partial charge >= 0.3 is 5.97 Å². The van der Waals surface area contributed by atoms with Crippen molar-refractivity contribution >= 4 is 23.5 Å². The van der Waals surface area contributed by atoms with E-state index < -0.39 is 17.6 Å². The molecule has 152 valence electrons. The lowest BCUT2D eigenvalue weighted by molar-refractivity contribution is 0.0733. The molecule has 0 saturated heterocycles. The van der Waals surface area contributed by atoms with Crippen molar-refractivity contribution < 1.29 is 23.9 Å². The van der Waals surface area contributed by atoms with Gasteiger partial charge in [-0.2, -0.15) is 0 Å². The first kappa shape index (κ1) is 20.9. The van der Waals surface area contributed by atoms with E-state index in [9.17, 15) is 19.2 Å². The molecular formula is C23H17FNO5-. The van der Waals surface area contributed by atoms with Crippen LogP contribution in [0.3, 0.4) is 0 Å². The highest BCUT2D eigenvalue weighted by Gasteiger charge is 2.16. The molecule has 0 aliphatic heterocycles. The van der Waals surface area contributed by atoms with Crippen LogP contribution < -0.4 is 9.96 Å². The molecule has 0 aliphatic rings. The summed E-state index contributed by atoms with van der Waals surface area (Å²) >= 11 is 0. The number of aryl methyl sites for hydroxylation is 1. The zero-order chi connectivity index (χ0) is 21.7. The molecule has 0 unspecified atom stereocenters. The van der Waals surface area contributed by atoms with Gasteiger partial charge in [-0.15, -0.1) is 0 Å². The van der Waals surface area contributed by atoms with Crippen molar-refractivity contribution in [3.05, 3.63) is 106 Å². The van der Waals surface area contributed by atoms with E-state index in [1.165, 1.54) is 48.6 Å². The predicted octanol–water partition coefficient (Wildman–Crippen LogP) is 4.94. The minimum absolute atomic E-state index is 0.0159. The molecule has 0 amide bonds. The molecule has 7 heteroatoms. The van der Waals surface area contributed by atoms with E-state index in [1.807, 2.05) is 0 Å². The number of hydrogen-bond donors (Lipinski definition) is 1. The molecule has 0 aromatic heterocycles. The van der Waals surface area contributed by atoms with Crippen LogP contribution in [0.5, 0.6) is 5.75 Å². The third-order valence-electron chi connectivity index (χ3n) is 4.23. The molecule has 3 rings (SSSR count). The lowest BCUT2D eigenvalue weighted by Crippen LogP contribution is -2.13. The summed E-state index contributed by atoms with van der Waals surface area (Å²) < 4.78 is 19.1. The van der Waals surface area contributed by atoms with Gasteiger partial charge in [0.15, 0.2) is 5.78 Å². The summed E-state index contributed by atoms with van der Waals surface area (Å²) in [6, 6.07) is 16.0. The van der Waals surface area contributed by atoms with Gasteiger partial charge in [0, 0.05) is 5.56 Å². The lowest BCUT2D eigenvalue weighted by Gasteiger charge is -2.21. The van der Waals surface area contributed by atoms with Gasteiger partial charge in [0.2, 0.25) is 0 Å². The molecule has 3 aromatic carbocycles. The second-order valence-corrected chi connectivity index (χ2v) is 6.43. The zero-order valence-corrected chi connectivity index (χ0v) is 15.9. The molecule has 0 spiro atoms. The number of benzene rings is 3. The number of hydrogen-bond acceptors (Lipinski definition) is 6. The maximum atomic E-state index is 13.8. The summed E-state index contributed by atoms with van der Waals surface area (Å²) in [7, 11) is 0. The third kappa shape index (κ3) is 4.96. The van der Waals surface area contributed by atoms with Gasteiger partial charge in [0.05, 0.1) is 16.8 Å². The number of rotatable bonds is 6. The highest BCUT2D eigenvalue weighted by molar-refractivity contribution is 6.09. The van der Waals surface area contributed by atoms with Crippen LogP contribution in [0.25, 0.3) is 6.08 Å². The molecule has 0 saturated carbocycles. The van der Waals surface area contributed by atoms with Gasteiger partial charge in [-0.1, -0.05) is 35.9 Å². The van der Waals surface area contributed by atoms with Crippen molar-refractivity contribution in [1.29, 1.82) is 0 Å². The van der Waals surface area contributed by atoms with Crippen LogP contribution in [0.2, 0.25) is 0 Å². The smallest absolute Gasteiger partial charge is 0.343 e. The Morgan fingerprint density at radius 2 is 1.83 bits per heavy atom. The van der Waals surface area contributed by atoms with Gasteiger partial charge in [0.1, 0.15) is 11.6 Å². The van der Waals surface area contributed by atoms with Crippen molar-refractivity contribution in [3.8, 4) is 5.75 Å². The fourth-order valence-electron chi connectivity index (χ4n) is 2.70. The fourth-order valence-corrected chi connectivity index (χ4v) is 2.70. The Morgan fingerprint density at radius 1 is 1.07 bits per heavy atom. The largest absolute Gasteiger partial charge is 0.733 e. The zero-order valence-electron chi connectivity index (χ0n) is 15.9. The van der Waals surface area contributed by atoms with Gasteiger partial charge in [-0.3, -0.25) is 10.0 Å². The van der Waals surface area contributed by atoms with E-state index in [-0.39, 0.29) is 33.4 Å². The first-order valence-corrected chi connectivity index (χ1v) is 8.91. The van der Waals surface area contributed by atoms with Gasteiger partial charge in [-0.25, -0.2) is 9.18 Å². The summed E-state index contributed by atoms with van der Waals surface area (Å²) in [5.74, 6) is -1.73. The number of allylic oxidation sites excluding steroid dienone is 1. The van der Waals surface area contributed by atoms with Crippen LogP contribution in [0, 0.1) is 17.9 Å². The third-order valence-corrected chi connectivity index (χ3v) is 4.23. The Kier molecular flexibility index (Phi) is 6.36. The van der Waals surface area contributed by atoms with E-state index >= 15 is 0 Å². The minimum atomic E-state index is -0.810. The number of ketones is 1. The van der Waals surface area contributed by atoms with Crippen LogP contribution in [-0.4, -0.2) is 17.0 Å². The molecule has 0 radical (unpaired) electrons. The highest BCUT2D eigenvalue weighted by atomic mass is 19.1. The van der Waals surface area contributed by atoms with Crippen molar-refractivity contribution in [1.82, 2.24) is 0 Å². The number of halogens is 1. The Balaban J connectivity index is 1.86. The molecular weight excluding hydrogens is 389 g/mol. The Morgan fingerprint density at radius 3 is 2.57 bits per heavy atom. The Bertz CT molecular complexity index is 1120. The molecule has 6 nitrogen and oxygen atoms in total. The SMILES string of the molecule is Cc1ccc(OC(=O)c2cccc(N([O-])O)c2)c(C(=O)C=Cc2ccccc2F)c1. The van der Waals surface area contributed by atoms with E-state index in [1.54, 1.807) is 31.2 Å². The number of nitrogens with zero attached hydrogens (tertiary/aromatic N) is 1. The van der Waals surface area contributed by atoms with Gasteiger partial charge in [-0.05, 0) is 55.5 Å². The topological polar surface area (TPSA) is 89.9 Å². The number of anilines is 1. The molecule has 0 aliphatic carbocycles. The van der Waals surface area contributed by atoms with E-state index in [0.29, 0.717) is 0 Å². The van der Waals surface area contributed by atoms with Crippen LogP contribution >= 0.6 is 0 Å². The monoisotopic (exact) mass is 406 g/mol. The van der Waals surface area contributed by atoms with E-state index in [2.05, 4.69) is 0 Å². The van der Waals surface area contributed by atoms with Crippen LogP contribution in [0.4, 0.5) is 10.1 Å². The van der Waals surface area contributed by atoms with E-state index in [4.69, 9.17) is 9.94 Å². The molecule has 0 bridgehead atoms. The van der Waals surface area contributed by atoms with Crippen molar-refractivity contribution in [3.63, 3.8) is 0 Å². The maximum Gasteiger partial charge on any atom is 0.343 e. The number of carbonyl (C=O) groups is 2. The molecule has 30 heavy (non-hydrogen) atoms. The molecule has 1 N–H and O–H groups in total. The normalized spacial score (nSPS) is 10.8. The highest BCUT2D eigenvalue weighted by Crippen LogP contribution is 2.24. The number of esters is 1. The molecule has 3 aromatic rings. The van der Waals surface area contributed by atoms with Crippen LogP contribution in [0.15, 0.2) is 72.8 Å². The summed E-state index contributed by atoms with van der Waals surface area (Å²) in [4.78, 5) is 25.2. The van der Waals surface area contributed by atoms with Crippen LogP contribution in [0.1, 0.15) is 31.8 Å². The van der Waals surface area contributed by atoms with E-state index in [0.717, 1.165) is 11.6 Å². The second kappa shape index (κ2) is 9.13. The van der Waals surface area contributed by atoms with Crippen LogP contribution in [-0.2, 0) is 0 Å². The average Bonchev–Trinajstić information content (AvgIpc) is 2.74. The minimum Gasteiger partial charge on any atom is -0.733 e. The maximum absolute atomic E-state index is 13.8. The quantitative estimate of drug-likeness (QED) is 0.205. The molecule has 0 fully saturated rings. The Hall–Kier alpha value is -3.81. The standard InChI is InChI=1S/C23H17FNO5/c1-15-9-12-22(30-23(27)17-6-4-7-18(14-17)25(28)29)19(13-15)21(26)11-10-16-5-2-3-8-20(16)24/h2-14,28H,1H3/q-1. The summed E-state index contributed by atoms with van der Waals surface area (Å²) in [6.45, 7) is 1.77. The summed E-state index contributed by atoms with van der Waals surface area (Å²) in [5, 5.41) is 19.6. The first-order valence-electron chi connectivity index (χ1n) is 8.91. The van der Waals surface area contributed by atoms with Crippen molar-refractivity contribution in [2.45, 2.75) is 6.92 Å². The first-order chi connectivity index (χ1) is 14.3. The summed E-state index contributed by atoms with van der Waals surface area (Å²) in [6.07, 6.45) is 2.55. The average molecular weight is 406 g/mol. The van der Waals surface area contributed by atoms with Crippen molar-refractivity contribution in [2.24, 2.45) is 0 Å². The van der Waals surface area contributed by atoms with Gasteiger partial charge < -0.3 is 15.2 Å². The predicted molar refractivity (Wildman–Crippen MR) is 110 cm³/mol.